The second-order valence-corrected chi connectivity index (χ2v) is 3.41. The first-order valence-electron chi connectivity index (χ1n) is 5.14. The number of nitrogen functional groups attached to an aromatic ring is 1. The molecule has 0 saturated heterocycles. The van der Waals surface area contributed by atoms with Crippen LogP contribution in [0.4, 0.5) is 11.4 Å². The third-order valence-electron chi connectivity index (χ3n) is 2.26. The standard InChI is InChI=1S/C11H16N4O2/c1-13-10(16)6-15-9-4-3-7(5-8(9)12)11(17)14-2/h3-5,15H,6,12H2,1-2H3,(H,13,16)(H,14,17). The SMILES string of the molecule is CNC(=O)CNc1ccc(C(=O)NC)cc1N. The Kier molecular flexibility index (Phi) is 4.33. The maximum atomic E-state index is 11.3. The largest absolute Gasteiger partial charge is 0.397 e. The first-order valence-corrected chi connectivity index (χ1v) is 5.14. The number of carbonyl (C=O) groups excluding carboxylic acids is 2. The van der Waals surface area contributed by atoms with Gasteiger partial charge in [-0.3, -0.25) is 9.59 Å². The molecule has 5 N–H and O–H groups in total. The summed E-state index contributed by atoms with van der Waals surface area (Å²) in [5.41, 5.74) is 7.30. The minimum Gasteiger partial charge on any atom is -0.397 e. The number of benzene rings is 1. The highest BCUT2D eigenvalue weighted by atomic mass is 16.2. The molecule has 0 fully saturated rings. The van der Waals surface area contributed by atoms with E-state index in [2.05, 4.69) is 16.0 Å². The monoisotopic (exact) mass is 236 g/mol. The molecule has 0 radical (unpaired) electrons. The van der Waals surface area contributed by atoms with Crippen LogP contribution in [-0.2, 0) is 4.79 Å². The van der Waals surface area contributed by atoms with Crippen LogP contribution in [0.15, 0.2) is 18.2 Å². The van der Waals surface area contributed by atoms with E-state index in [1.54, 1.807) is 32.3 Å². The quantitative estimate of drug-likeness (QED) is 0.544. The molecular formula is C11H16N4O2. The highest BCUT2D eigenvalue weighted by Gasteiger charge is 2.06. The molecule has 2 amide bonds. The van der Waals surface area contributed by atoms with Gasteiger partial charge in [0.25, 0.3) is 5.91 Å². The summed E-state index contributed by atoms with van der Waals surface area (Å²) in [7, 11) is 3.11. The van der Waals surface area contributed by atoms with Crippen molar-refractivity contribution in [3.05, 3.63) is 23.8 Å². The Morgan fingerprint density at radius 1 is 1.24 bits per heavy atom. The van der Waals surface area contributed by atoms with Crippen LogP contribution in [-0.4, -0.2) is 32.5 Å². The fourth-order valence-corrected chi connectivity index (χ4v) is 1.27. The molecule has 0 saturated carbocycles. The van der Waals surface area contributed by atoms with E-state index in [1.165, 1.54) is 0 Å². The zero-order chi connectivity index (χ0) is 12.8. The fraction of sp³-hybridized carbons (Fsp3) is 0.273. The van der Waals surface area contributed by atoms with Crippen LogP contribution in [0, 0.1) is 0 Å². The lowest BCUT2D eigenvalue weighted by atomic mass is 10.1. The summed E-state index contributed by atoms with van der Waals surface area (Å²) in [5.74, 6) is -0.339. The average molecular weight is 236 g/mol. The van der Waals surface area contributed by atoms with Crippen molar-refractivity contribution in [2.24, 2.45) is 0 Å². The van der Waals surface area contributed by atoms with Crippen molar-refractivity contribution >= 4 is 23.2 Å². The lowest BCUT2D eigenvalue weighted by Gasteiger charge is -2.09. The number of rotatable bonds is 4. The van der Waals surface area contributed by atoms with Crippen LogP contribution in [0.25, 0.3) is 0 Å². The van der Waals surface area contributed by atoms with E-state index in [0.29, 0.717) is 16.9 Å². The zero-order valence-corrected chi connectivity index (χ0v) is 9.83. The zero-order valence-electron chi connectivity index (χ0n) is 9.83. The lowest BCUT2D eigenvalue weighted by molar-refractivity contribution is -0.118. The van der Waals surface area contributed by atoms with Gasteiger partial charge in [-0.2, -0.15) is 0 Å². The van der Waals surface area contributed by atoms with E-state index in [9.17, 15) is 9.59 Å². The molecule has 6 nitrogen and oxygen atoms in total. The van der Waals surface area contributed by atoms with Crippen LogP contribution >= 0.6 is 0 Å². The van der Waals surface area contributed by atoms with Crippen LogP contribution in [0.2, 0.25) is 0 Å². The summed E-state index contributed by atoms with van der Waals surface area (Å²) in [6.45, 7) is 0.139. The Bertz CT molecular complexity index is 431. The van der Waals surface area contributed by atoms with Gasteiger partial charge in [-0.1, -0.05) is 0 Å². The summed E-state index contributed by atoms with van der Waals surface area (Å²) in [6, 6.07) is 4.87. The van der Waals surface area contributed by atoms with E-state index < -0.39 is 0 Å². The van der Waals surface area contributed by atoms with E-state index >= 15 is 0 Å². The van der Waals surface area contributed by atoms with Gasteiger partial charge in [0.05, 0.1) is 17.9 Å². The van der Waals surface area contributed by atoms with E-state index in [0.717, 1.165) is 0 Å². The molecule has 0 bridgehead atoms. The Morgan fingerprint density at radius 2 is 1.94 bits per heavy atom. The first-order chi connectivity index (χ1) is 8.08. The Morgan fingerprint density at radius 3 is 2.47 bits per heavy atom. The molecule has 6 heteroatoms. The van der Waals surface area contributed by atoms with Gasteiger partial charge in [0.1, 0.15) is 0 Å². The summed E-state index contributed by atoms with van der Waals surface area (Å²) in [6.07, 6.45) is 0. The van der Waals surface area contributed by atoms with Gasteiger partial charge < -0.3 is 21.7 Å². The predicted molar refractivity (Wildman–Crippen MR) is 66.8 cm³/mol. The van der Waals surface area contributed by atoms with Crippen molar-refractivity contribution in [3.8, 4) is 0 Å². The highest BCUT2D eigenvalue weighted by Crippen LogP contribution is 2.19. The molecular weight excluding hydrogens is 220 g/mol. The molecule has 0 atom stereocenters. The van der Waals surface area contributed by atoms with Crippen molar-refractivity contribution in [1.29, 1.82) is 0 Å². The summed E-state index contributed by atoms with van der Waals surface area (Å²) < 4.78 is 0. The summed E-state index contributed by atoms with van der Waals surface area (Å²) in [4.78, 5) is 22.4. The molecule has 0 spiro atoms. The molecule has 0 heterocycles. The van der Waals surface area contributed by atoms with E-state index in [4.69, 9.17) is 5.73 Å². The van der Waals surface area contributed by atoms with Gasteiger partial charge in [0, 0.05) is 19.7 Å². The molecule has 17 heavy (non-hydrogen) atoms. The number of anilines is 2. The van der Waals surface area contributed by atoms with Crippen LogP contribution in [0.1, 0.15) is 10.4 Å². The van der Waals surface area contributed by atoms with Crippen molar-refractivity contribution < 1.29 is 9.59 Å². The fourth-order valence-electron chi connectivity index (χ4n) is 1.27. The van der Waals surface area contributed by atoms with E-state index in [1.807, 2.05) is 0 Å². The van der Waals surface area contributed by atoms with Crippen molar-refractivity contribution in [2.45, 2.75) is 0 Å². The van der Waals surface area contributed by atoms with Gasteiger partial charge in [-0.25, -0.2) is 0 Å². The van der Waals surface area contributed by atoms with Gasteiger partial charge in [-0.15, -0.1) is 0 Å². The molecule has 0 aliphatic rings. The summed E-state index contributed by atoms with van der Waals surface area (Å²) >= 11 is 0. The van der Waals surface area contributed by atoms with Gasteiger partial charge in [0.2, 0.25) is 5.91 Å². The molecule has 0 aromatic heterocycles. The van der Waals surface area contributed by atoms with Crippen LogP contribution in [0.3, 0.4) is 0 Å². The molecule has 0 aliphatic heterocycles. The molecule has 0 aliphatic carbocycles. The number of hydrogen-bond donors (Lipinski definition) is 4. The number of likely N-dealkylation sites (N-methyl/N-ethyl adjacent to an activating group) is 1. The van der Waals surface area contributed by atoms with Crippen molar-refractivity contribution in [3.63, 3.8) is 0 Å². The number of nitrogens with two attached hydrogens (primary N) is 1. The highest BCUT2D eigenvalue weighted by molar-refractivity contribution is 5.96. The minimum atomic E-state index is -0.199. The Balaban J connectivity index is 2.76. The topological polar surface area (TPSA) is 96.2 Å². The van der Waals surface area contributed by atoms with Crippen LogP contribution in [0.5, 0.6) is 0 Å². The number of hydrogen-bond acceptors (Lipinski definition) is 4. The first kappa shape index (κ1) is 12.8. The molecule has 1 aromatic carbocycles. The smallest absolute Gasteiger partial charge is 0.251 e. The van der Waals surface area contributed by atoms with Crippen LogP contribution < -0.4 is 21.7 Å². The van der Waals surface area contributed by atoms with Crippen molar-refractivity contribution in [1.82, 2.24) is 10.6 Å². The second kappa shape index (κ2) is 5.74. The maximum Gasteiger partial charge on any atom is 0.251 e. The predicted octanol–water partition coefficient (Wildman–Crippen LogP) is -0.214. The average Bonchev–Trinajstić information content (AvgIpc) is 2.35. The maximum absolute atomic E-state index is 11.3. The van der Waals surface area contributed by atoms with Gasteiger partial charge in [0.15, 0.2) is 0 Å². The second-order valence-electron chi connectivity index (χ2n) is 3.41. The molecule has 92 valence electrons. The Labute approximate surface area is 99.6 Å². The van der Waals surface area contributed by atoms with E-state index in [-0.39, 0.29) is 18.4 Å². The third-order valence-corrected chi connectivity index (χ3v) is 2.26. The number of amides is 2. The minimum absolute atomic E-state index is 0.139. The van der Waals surface area contributed by atoms with Gasteiger partial charge in [-0.05, 0) is 18.2 Å². The normalized spacial score (nSPS) is 9.53. The van der Waals surface area contributed by atoms with Gasteiger partial charge >= 0.3 is 0 Å². The molecule has 1 aromatic rings. The lowest BCUT2D eigenvalue weighted by Crippen LogP contribution is -2.26. The summed E-state index contributed by atoms with van der Waals surface area (Å²) in [5, 5.41) is 7.87. The Hall–Kier alpha value is -2.24. The third kappa shape index (κ3) is 3.37. The molecule has 0 unspecified atom stereocenters. The number of nitrogens with one attached hydrogen (secondary N) is 3. The van der Waals surface area contributed by atoms with Crippen molar-refractivity contribution in [2.75, 3.05) is 31.7 Å². The number of carbonyl (C=O) groups is 2. The molecule has 1 rings (SSSR count).